The molecule has 1 atom stereocenters. The molecule has 0 saturated carbocycles. The average Bonchev–Trinajstić information content (AvgIpc) is 2.61. The topological polar surface area (TPSA) is 46.5 Å². The van der Waals surface area contributed by atoms with Crippen molar-refractivity contribution in [3.63, 3.8) is 0 Å². The molecule has 0 bridgehead atoms. The molecule has 0 aliphatic carbocycles. The van der Waals surface area contributed by atoms with Gasteiger partial charge in [0, 0.05) is 0 Å². The molecule has 2 aromatic carbocycles. The van der Waals surface area contributed by atoms with E-state index in [2.05, 4.69) is 32.0 Å². The van der Waals surface area contributed by atoms with Gasteiger partial charge in [-0.2, -0.15) is 0 Å². The van der Waals surface area contributed by atoms with Crippen LogP contribution in [0.1, 0.15) is 61.5 Å². The molecule has 25 heavy (non-hydrogen) atoms. The molecule has 0 radical (unpaired) electrons. The molecule has 2 rings (SSSR count). The first-order valence-electron chi connectivity index (χ1n) is 9.19. The second-order valence-electron chi connectivity index (χ2n) is 6.38. The normalized spacial score (nSPS) is 11.9. The summed E-state index contributed by atoms with van der Waals surface area (Å²) in [6, 6.07) is 16.4. The number of ether oxygens (including phenoxy) is 1. The molecule has 0 aliphatic heterocycles. The maximum Gasteiger partial charge on any atom is 0.506 e. The van der Waals surface area contributed by atoms with Crippen LogP contribution in [0.4, 0.5) is 4.79 Å². The van der Waals surface area contributed by atoms with Gasteiger partial charge in [0.15, 0.2) is 0 Å². The van der Waals surface area contributed by atoms with E-state index in [-0.39, 0.29) is 0 Å². The van der Waals surface area contributed by atoms with Crippen LogP contribution in [0, 0.1) is 0 Å². The highest BCUT2D eigenvalue weighted by molar-refractivity contribution is 5.57. The van der Waals surface area contributed by atoms with Crippen molar-refractivity contribution in [2.24, 2.45) is 0 Å². The molecular formula is C22H28O3. The lowest BCUT2D eigenvalue weighted by Crippen LogP contribution is -2.14. The van der Waals surface area contributed by atoms with Crippen LogP contribution in [0.5, 0.6) is 0 Å². The Bertz CT molecular complexity index is 664. The molecule has 0 spiro atoms. The van der Waals surface area contributed by atoms with Crippen molar-refractivity contribution in [2.45, 2.75) is 58.5 Å². The molecule has 1 unspecified atom stereocenters. The lowest BCUT2D eigenvalue weighted by atomic mass is 9.90. The maximum atomic E-state index is 11.3. The van der Waals surface area contributed by atoms with Crippen molar-refractivity contribution >= 4 is 6.16 Å². The molecule has 3 nitrogen and oxygen atoms in total. The van der Waals surface area contributed by atoms with Crippen molar-refractivity contribution in [1.29, 1.82) is 0 Å². The van der Waals surface area contributed by atoms with Crippen molar-refractivity contribution in [3.05, 3.63) is 70.8 Å². The fourth-order valence-electron chi connectivity index (χ4n) is 3.36. The number of aryl methyl sites for hydroxylation is 2. The minimum atomic E-state index is -1.21. The van der Waals surface area contributed by atoms with E-state index < -0.39 is 12.3 Å². The van der Waals surface area contributed by atoms with E-state index in [1.165, 1.54) is 16.7 Å². The minimum Gasteiger partial charge on any atom is -0.450 e. The van der Waals surface area contributed by atoms with Gasteiger partial charge in [0.1, 0.15) is 6.10 Å². The molecular weight excluding hydrogens is 312 g/mol. The smallest absolute Gasteiger partial charge is 0.450 e. The van der Waals surface area contributed by atoms with Crippen LogP contribution >= 0.6 is 0 Å². The van der Waals surface area contributed by atoms with Gasteiger partial charge in [-0.25, -0.2) is 4.79 Å². The zero-order valence-corrected chi connectivity index (χ0v) is 15.2. The largest absolute Gasteiger partial charge is 0.506 e. The number of carbonyl (C=O) groups is 1. The summed E-state index contributed by atoms with van der Waals surface area (Å²) >= 11 is 0. The van der Waals surface area contributed by atoms with Crippen LogP contribution in [0.15, 0.2) is 48.5 Å². The van der Waals surface area contributed by atoms with Crippen LogP contribution in [-0.2, 0) is 24.0 Å². The van der Waals surface area contributed by atoms with Crippen LogP contribution < -0.4 is 0 Å². The van der Waals surface area contributed by atoms with Gasteiger partial charge in [-0.05, 0) is 47.9 Å². The first-order chi connectivity index (χ1) is 12.2. The summed E-state index contributed by atoms with van der Waals surface area (Å²) in [5.41, 5.74) is 4.82. The third-order valence-corrected chi connectivity index (χ3v) is 4.46. The molecule has 3 heteroatoms. The van der Waals surface area contributed by atoms with E-state index >= 15 is 0 Å². The van der Waals surface area contributed by atoms with Gasteiger partial charge in [-0.3, -0.25) is 0 Å². The Morgan fingerprint density at radius 2 is 1.68 bits per heavy atom. The van der Waals surface area contributed by atoms with Gasteiger partial charge in [-0.1, -0.05) is 75.2 Å². The van der Waals surface area contributed by atoms with Gasteiger partial charge in [-0.15, -0.1) is 0 Å². The van der Waals surface area contributed by atoms with Crippen LogP contribution in [-0.4, -0.2) is 11.3 Å². The molecule has 0 saturated heterocycles. The van der Waals surface area contributed by atoms with E-state index in [1.54, 1.807) is 0 Å². The fraction of sp³-hybridized carbons (Fsp3) is 0.409. The van der Waals surface area contributed by atoms with Gasteiger partial charge >= 0.3 is 6.16 Å². The monoisotopic (exact) mass is 340 g/mol. The quantitative estimate of drug-likeness (QED) is 0.573. The molecule has 0 heterocycles. The zero-order valence-electron chi connectivity index (χ0n) is 15.2. The highest BCUT2D eigenvalue weighted by atomic mass is 16.7. The summed E-state index contributed by atoms with van der Waals surface area (Å²) < 4.78 is 5.29. The molecule has 0 aliphatic rings. The van der Waals surface area contributed by atoms with E-state index in [1.807, 2.05) is 30.3 Å². The van der Waals surface area contributed by atoms with Crippen LogP contribution in [0.2, 0.25) is 0 Å². The fourth-order valence-corrected chi connectivity index (χ4v) is 3.36. The Balaban J connectivity index is 2.29. The number of benzene rings is 2. The number of rotatable bonds is 9. The van der Waals surface area contributed by atoms with E-state index in [4.69, 9.17) is 4.74 Å². The Morgan fingerprint density at radius 1 is 0.960 bits per heavy atom. The van der Waals surface area contributed by atoms with Crippen molar-refractivity contribution < 1.29 is 14.6 Å². The first kappa shape index (κ1) is 19.0. The highest BCUT2D eigenvalue weighted by Crippen LogP contribution is 2.30. The second-order valence-corrected chi connectivity index (χ2v) is 6.38. The highest BCUT2D eigenvalue weighted by Gasteiger charge is 2.21. The Morgan fingerprint density at radius 3 is 2.32 bits per heavy atom. The summed E-state index contributed by atoms with van der Waals surface area (Å²) in [6.07, 6.45) is 3.90. The molecule has 0 amide bonds. The summed E-state index contributed by atoms with van der Waals surface area (Å²) in [4.78, 5) is 11.3. The van der Waals surface area contributed by atoms with Crippen molar-refractivity contribution in [3.8, 4) is 0 Å². The molecule has 1 N–H and O–H groups in total. The lowest BCUT2D eigenvalue weighted by molar-refractivity contribution is 0.0473. The molecule has 2 aromatic rings. The summed E-state index contributed by atoms with van der Waals surface area (Å²) in [7, 11) is 0. The first-order valence-corrected chi connectivity index (χ1v) is 9.19. The summed E-state index contributed by atoms with van der Waals surface area (Å²) in [5.74, 6) is 0. The Kier molecular flexibility index (Phi) is 7.52. The Labute approximate surface area is 150 Å². The second kappa shape index (κ2) is 9.87. The predicted octanol–water partition coefficient (Wildman–Crippen LogP) is 5.96. The van der Waals surface area contributed by atoms with Gasteiger partial charge in [0.25, 0.3) is 0 Å². The van der Waals surface area contributed by atoms with Crippen LogP contribution in [0.3, 0.4) is 0 Å². The number of hydrogen-bond donors (Lipinski definition) is 1. The number of hydrogen-bond acceptors (Lipinski definition) is 2. The van der Waals surface area contributed by atoms with E-state index in [0.29, 0.717) is 6.42 Å². The average molecular weight is 340 g/mol. The standard InChI is InChI=1S/C22H28O3/c1-3-9-18-13-8-14-20(19(18)10-4-2)21(25-22(23)24)16-15-17-11-6-5-7-12-17/h5-8,11-14,21H,3-4,9-10,15-16H2,1-2H3,(H,23,24). The third-order valence-electron chi connectivity index (χ3n) is 4.46. The number of carboxylic acid groups (broad SMARTS) is 1. The lowest BCUT2D eigenvalue weighted by Gasteiger charge is -2.22. The molecule has 0 fully saturated rings. The Hall–Kier alpha value is -2.29. The predicted molar refractivity (Wildman–Crippen MR) is 101 cm³/mol. The SMILES string of the molecule is CCCc1cccc(C(CCc2ccccc2)OC(=O)O)c1CCC. The van der Waals surface area contributed by atoms with Crippen molar-refractivity contribution in [2.75, 3.05) is 0 Å². The minimum absolute atomic E-state index is 0.420. The van der Waals surface area contributed by atoms with E-state index in [0.717, 1.165) is 37.7 Å². The molecule has 0 aromatic heterocycles. The van der Waals surface area contributed by atoms with Gasteiger partial charge in [0.2, 0.25) is 0 Å². The molecule has 134 valence electrons. The van der Waals surface area contributed by atoms with Gasteiger partial charge < -0.3 is 9.84 Å². The van der Waals surface area contributed by atoms with E-state index in [9.17, 15) is 9.90 Å². The zero-order chi connectivity index (χ0) is 18.1. The van der Waals surface area contributed by atoms with Gasteiger partial charge in [0.05, 0.1) is 0 Å². The van der Waals surface area contributed by atoms with Crippen molar-refractivity contribution in [1.82, 2.24) is 0 Å². The summed E-state index contributed by atoms with van der Waals surface area (Å²) in [6.45, 7) is 4.33. The maximum absolute atomic E-state index is 11.3. The third kappa shape index (κ3) is 5.63. The summed E-state index contributed by atoms with van der Waals surface area (Å²) in [5, 5.41) is 9.21. The van der Waals surface area contributed by atoms with Crippen LogP contribution in [0.25, 0.3) is 0 Å².